The fraction of sp³-hybridized carbons (Fsp3) is 0.909. The average Bonchev–Trinajstić information content (AvgIpc) is 3.03. The lowest BCUT2D eigenvalue weighted by atomic mass is 9.79. The standard InChI is InChI=1S/C11H14O4/c1-4(12)13-11-8-5(2-6-9(8)14-6)3-7-10(11)15-7/h5-11H,2-3H2,1H3. The molecule has 0 aromatic rings. The summed E-state index contributed by atoms with van der Waals surface area (Å²) in [4.78, 5) is 11.1. The van der Waals surface area contributed by atoms with Crippen LogP contribution in [0.15, 0.2) is 0 Å². The van der Waals surface area contributed by atoms with Crippen LogP contribution in [-0.4, -0.2) is 36.5 Å². The molecule has 4 aliphatic rings. The van der Waals surface area contributed by atoms with Gasteiger partial charge in [0.25, 0.3) is 0 Å². The van der Waals surface area contributed by atoms with Crippen molar-refractivity contribution in [2.24, 2.45) is 11.8 Å². The lowest BCUT2D eigenvalue weighted by Gasteiger charge is -2.31. The van der Waals surface area contributed by atoms with E-state index in [0.717, 1.165) is 12.8 Å². The molecule has 0 bridgehead atoms. The van der Waals surface area contributed by atoms with Crippen LogP contribution in [0, 0.1) is 11.8 Å². The van der Waals surface area contributed by atoms with Crippen LogP contribution < -0.4 is 0 Å². The number of rotatable bonds is 1. The van der Waals surface area contributed by atoms with Crippen LogP contribution in [0.2, 0.25) is 0 Å². The summed E-state index contributed by atoms with van der Waals surface area (Å²) >= 11 is 0. The first kappa shape index (κ1) is 8.53. The lowest BCUT2D eigenvalue weighted by molar-refractivity contribution is -0.152. The molecule has 7 atom stereocenters. The quantitative estimate of drug-likeness (QED) is 0.467. The van der Waals surface area contributed by atoms with Crippen LogP contribution in [0.5, 0.6) is 0 Å². The average molecular weight is 210 g/mol. The second kappa shape index (κ2) is 2.55. The highest BCUT2D eigenvalue weighted by atomic mass is 16.6. The summed E-state index contributed by atoms with van der Waals surface area (Å²) < 4.78 is 16.5. The predicted octanol–water partition coefficient (Wildman–Crippen LogP) is 0.493. The fourth-order valence-corrected chi connectivity index (χ4v) is 3.61. The van der Waals surface area contributed by atoms with Gasteiger partial charge in [0, 0.05) is 12.8 Å². The Balaban J connectivity index is 1.60. The largest absolute Gasteiger partial charge is 0.459 e. The Bertz CT molecular complexity index is 329. The fourth-order valence-electron chi connectivity index (χ4n) is 3.61. The van der Waals surface area contributed by atoms with Crippen molar-refractivity contribution in [1.29, 1.82) is 0 Å². The molecule has 4 heteroatoms. The highest BCUT2D eigenvalue weighted by molar-refractivity contribution is 5.66. The summed E-state index contributed by atoms with van der Waals surface area (Å²) in [5.41, 5.74) is 0. The first-order valence-electron chi connectivity index (χ1n) is 5.72. The van der Waals surface area contributed by atoms with Gasteiger partial charge in [-0.25, -0.2) is 0 Å². The molecule has 2 aliphatic carbocycles. The van der Waals surface area contributed by atoms with E-state index in [1.54, 1.807) is 0 Å². The van der Waals surface area contributed by atoms with Crippen molar-refractivity contribution in [2.75, 3.05) is 0 Å². The van der Waals surface area contributed by atoms with Gasteiger partial charge in [0.15, 0.2) is 0 Å². The van der Waals surface area contributed by atoms with E-state index in [4.69, 9.17) is 14.2 Å². The molecule has 2 aliphatic heterocycles. The Morgan fingerprint density at radius 1 is 1.20 bits per heavy atom. The monoisotopic (exact) mass is 210 g/mol. The summed E-state index contributed by atoms with van der Waals surface area (Å²) in [7, 11) is 0. The van der Waals surface area contributed by atoms with E-state index in [0.29, 0.717) is 30.1 Å². The van der Waals surface area contributed by atoms with Gasteiger partial charge in [0.2, 0.25) is 0 Å². The molecule has 4 fully saturated rings. The summed E-state index contributed by atoms with van der Waals surface area (Å²) in [5.74, 6) is 0.864. The minimum absolute atomic E-state index is 0.0382. The van der Waals surface area contributed by atoms with E-state index in [-0.39, 0.29) is 18.2 Å². The number of hydrogen-bond acceptors (Lipinski definition) is 4. The second-order valence-corrected chi connectivity index (χ2v) is 5.16. The third kappa shape index (κ3) is 1.12. The number of ether oxygens (including phenoxy) is 3. The Kier molecular flexibility index (Phi) is 1.45. The number of hydrogen-bond donors (Lipinski definition) is 0. The van der Waals surface area contributed by atoms with Crippen molar-refractivity contribution in [3.8, 4) is 0 Å². The third-order valence-electron chi connectivity index (χ3n) is 4.24. The zero-order valence-electron chi connectivity index (χ0n) is 8.59. The molecule has 82 valence electrons. The van der Waals surface area contributed by atoms with Gasteiger partial charge in [-0.1, -0.05) is 0 Å². The topological polar surface area (TPSA) is 51.4 Å². The van der Waals surface area contributed by atoms with Gasteiger partial charge >= 0.3 is 5.97 Å². The Morgan fingerprint density at radius 3 is 2.60 bits per heavy atom. The zero-order chi connectivity index (χ0) is 10.2. The second-order valence-electron chi connectivity index (χ2n) is 5.16. The minimum Gasteiger partial charge on any atom is -0.459 e. The number of epoxide rings is 2. The van der Waals surface area contributed by atoms with Crippen LogP contribution in [0.4, 0.5) is 0 Å². The Hall–Kier alpha value is -0.610. The van der Waals surface area contributed by atoms with Crippen LogP contribution in [0.1, 0.15) is 19.8 Å². The van der Waals surface area contributed by atoms with Gasteiger partial charge in [-0.05, 0) is 18.8 Å². The molecule has 2 heterocycles. The van der Waals surface area contributed by atoms with Crippen molar-refractivity contribution in [2.45, 2.75) is 50.3 Å². The summed E-state index contributed by atoms with van der Waals surface area (Å²) in [6, 6.07) is 0. The van der Waals surface area contributed by atoms with Crippen molar-refractivity contribution in [3.63, 3.8) is 0 Å². The van der Waals surface area contributed by atoms with E-state index in [1.165, 1.54) is 6.92 Å². The van der Waals surface area contributed by atoms with E-state index in [1.807, 2.05) is 0 Å². The zero-order valence-corrected chi connectivity index (χ0v) is 8.59. The molecule has 2 saturated heterocycles. The van der Waals surface area contributed by atoms with Crippen LogP contribution >= 0.6 is 0 Å². The molecular formula is C11H14O4. The third-order valence-corrected chi connectivity index (χ3v) is 4.24. The minimum atomic E-state index is -0.195. The van der Waals surface area contributed by atoms with Gasteiger partial charge in [-0.15, -0.1) is 0 Å². The first-order chi connectivity index (χ1) is 7.24. The van der Waals surface area contributed by atoms with Crippen LogP contribution in [-0.2, 0) is 19.0 Å². The molecule has 0 spiro atoms. The SMILES string of the molecule is CC(=O)OC1C2OC2CC2CC3OC3C21. The molecule has 7 unspecified atom stereocenters. The maximum atomic E-state index is 11.1. The van der Waals surface area contributed by atoms with Crippen molar-refractivity contribution >= 4 is 5.97 Å². The first-order valence-corrected chi connectivity index (χ1v) is 5.72. The molecule has 4 rings (SSSR count). The number of fused-ring (bicyclic) bond motifs is 4. The van der Waals surface area contributed by atoms with E-state index >= 15 is 0 Å². The van der Waals surface area contributed by atoms with Gasteiger partial charge in [-0.3, -0.25) is 4.79 Å². The van der Waals surface area contributed by atoms with Crippen molar-refractivity contribution in [1.82, 2.24) is 0 Å². The molecule has 2 saturated carbocycles. The summed E-state index contributed by atoms with van der Waals surface area (Å²) in [6.07, 6.45) is 3.57. The van der Waals surface area contributed by atoms with Crippen molar-refractivity contribution in [3.05, 3.63) is 0 Å². The van der Waals surface area contributed by atoms with Gasteiger partial charge in [-0.2, -0.15) is 0 Å². The van der Waals surface area contributed by atoms with Crippen LogP contribution in [0.25, 0.3) is 0 Å². The Labute approximate surface area is 87.9 Å². The van der Waals surface area contributed by atoms with E-state index in [9.17, 15) is 4.79 Å². The molecular weight excluding hydrogens is 196 g/mol. The molecule has 4 nitrogen and oxygen atoms in total. The molecule has 0 aromatic heterocycles. The number of esters is 1. The normalized spacial score (nSPS) is 58.9. The molecule has 0 N–H and O–H groups in total. The smallest absolute Gasteiger partial charge is 0.303 e. The van der Waals surface area contributed by atoms with E-state index < -0.39 is 0 Å². The van der Waals surface area contributed by atoms with Gasteiger partial charge in [0.1, 0.15) is 12.2 Å². The predicted molar refractivity (Wildman–Crippen MR) is 49.1 cm³/mol. The van der Waals surface area contributed by atoms with E-state index in [2.05, 4.69) is 0 Å². The van der Waals surface area contributed by atoms with Crippen LogP contribution in [0.3, 0.4) is 0 Å². The van der Waals surface area contributed by atoms with Gasteiger partial charge in [0.05, 0.1) is 18.3 Å². The highest BCUT2D eigenvalue weighted by Gasteiger charge is 2.67. The highest BCUT2D eigenvalue weighted by Crippen LogP contribution is 2.57. The Morgan fingerprint density at radius 2 is 1.87 bits per heavy atom. The number of carbonyl (C=O) groups excluding carboxylic acids is 1. The molecule has 0 radical (unpaired) electrons. The summed E-state index contributed by atoms with van der Waals surface area (Å²) in [6.45, 7) is 1.47. The maximum Gasteiger partial charge on any atom is 0.303 e. The molecule has 0 amide bonds. The van der Waals surface area contributed by atoms with Crippen molar-refractivity contribution < 1.29 is 19.0 Å². The maximum absolute atomic E-state index is 11.1. The summed E-state index contributed by atoms with van der Waals surface area (Å²) in [5, 5.41) is 0. The van der Waals surface area contributed by atoms with Gasteiger partial charge < -0.3 is 14.2 Å². The lowest BCUT2D eigenvalue weighted by Crippen LogP contribution is -2.41. The number of carbonyl (C=O) groups is 1. The molecule has 15 heavy (non-hydrogen) atoms. The molecule has 0 aromatic carbocycles.